The van der Waals surface area contributed by atoms with Crippen molar-refractivity contribution in [3.05, 3.63) is 0 Å². The molecule has 3 unspecified atom stereocenters. The van der Waals surface area contributed by atoms with E-state index in [-0.39, 0.29) is 6.10 Å². The molecule has 0 aromatic heterocycles. The monoisotopic (exact) mass is 227 g/mol. The van der Waals surface area contributed by atoms with Gasteiger partial charge in [-0.15, -0.1) is 0 Å². The zero-order valence-electron chi connectivity index (χ0n) is 10.4. The Balaban J connectivity index is 1.79. The van der Waals surface area contributed by atoms with Gasteiger partial charge in [-0.1, -0.05) is 6.92 Å². The number of likely N-dealkylation sites (tertiary alicyclic amines) is 1. The first-order valence-electron chi connectivity index (χ1n) is 6.74. The highest BCUT2D eigenvalue weighted by molar-refractivity contribution is 4.77. The maximum absolute atomic E-state index is 9.92. The van der Waals surface area contributed by atoms with E-state index in [4.69, 9.17) is 4.74 Å². The van der Waals surface area contributed by atoms with Crippen LogP contribution in [-0.4, -0.2) is 49.0 Å². The predicted molar refractivity (Wildman–Crippen MR) is 64.4 cm³/mol. The minimum Gasteiger partial charge on any atom is -0.393 e. The summed E-state index contributed by atoms with van der Waals surface area (Å²) >= 11 is 0. The van der Waals surface area contributed by atoms with Crippen LogP contribution in [0.25, 0.3) is 0 Å². The summed E-state index contributed by atoms with van der Waals surface area (Å²) in [5.74, 6) is 1.21. The van der Waals surface area contributed by atoms with Crippen LogP contribution in [0.3, 0.4) is 0 Å². The van der Waals surface area contributed by atoms with Gasteiger partial charge in [0.15, 0.2) is 0 Å². The molecule has 1 N–H and O–H groups in total. The van der Waals surface area contributed by atoms with Gasteiger partial charge in [0.1, 0.15) is 0 Å². The van der Waals surface area contributed by atoms with Crippen molar-refractivity contribution in [3.8, 4) is 0 Å². The van der Waals surface area contributed by atoms with Gasteiger partial charge in [0.2, 0.25) is 0 Å². The minimum absolute atomic E-state index is 0.144. The fraction of sp³-hybridized carbons (Fsp3) is 1.00. The molecule has 94 valence electrons. The van der Waals surface area contributed by atoms with Crippen molar-refractivity contribution in [3.63, 3.8) is 0 Å². The molecular weight excluding hydrogens is 202 g/mol. The van der Waals surface area contributed by atoms with Crippen LogP contribution in [-0.2, 0) is 4.74 Å². The van der Waals surface area contributed by atoms with Crippen LogP contribution >= 0.6 is 0 Å². The zero-order chi connectivity index (χ0) is 11.4. The number of hydrogen-bond donors (Lipinski definition) is 1. The molecule has 2 rings (SSSR count). The molecule has 0 amide bonds. The SMILES string of the molecule is CC1CCCN(CC2COCCC2O)CC1. The predicted octanol–water partition coefficient (Wildman–Crippen LogP) is 1.51. The third-order valence-corrected chi connectivity index (χ3v) is 4.04. The fourth-order valence-electron chi connectivity index (χ4n) is 2.80. The molecular formula is C13H25NO2. The van der Waals surface area contributed by atoms with E-state index >= 15 is 0 Å². The quantitative estimate of drug-likeness (QED) is 0.776. The van der Waals surface area contributed by atoms with E-state index in [1.165, 1.54) is 32.4 Å². The standard InChI is InChI=1S/C13H25NO2/c1-11-3-2-6-14(7-4-11)9-12-10-16-8-5-13(12)15/h11-13,15H,2-10H2,1H3. The van der Waals surface area contributed by atoms with Gasteiger partial charge in [-0.3, -0.25) is 0 Å². The second-order valence-electron chi connectivity index (χ2n) is 5.53. The van der Waals surface area contributed by atoms with Crippen molar-refractivity contribution in [2.45, 2.75) is 38.7 Å². The van der Waals surface area contributed by atoms with Gasteiger partial charge in [-0.05, 0) is 44.7 Å². The normalized spacial score (nSPS) is 38.2. The largest absolute Gasteiger partial charge is 0.393 e. The molecule has 2 aliphatic heterocycles. The van der Waals surface area contributed by atoms with Gasteiger partial charge in [-0.2, -0.15) is 0 Å². The number of hydrogen-bond acceptors (Lipinski definition) is 3. The van der Waals surface area contributed by atoms with Crippen LogP contribution < -0.4 is 0 Å². The molecule has 0 aromatic rings. The van der Waals surface area contributed by atoms with E-state index in [0.717, 1.165) is 32.1 Å². The van der Waals surface area contributed by atoms with Crippen molar-refractivity contribution < 1.29 is 9.84 Å². The van der Waals surface area contributed by atoms with Gasteiger partial charge in [-0.25, -0.2) is 0 Å². The Morgan fingerprint density at radius 2 is 2.12 bits per heavy atom. The maximum Gasteiger partial charge on any atom is 0.0624 e. The molecule has 0 spiro atoms. The molecule has 0 aromatic carbocycles. The summed E-state index contributed by atoms with van der Waals surface area (Å²) in [7, 11) is 0. The van der Waals surface area contributed by atoms with Crippen molar-refractivity contribution >= 4 is 0 Å². The molecule has 3 atom stereocenters. The summed E-state index contributed by atoms with van der Waals surface area (Å²) in [6.45, 7) is 7.25. The molecule has 3 heteroatoms. The maximum atomic E-state index is 9.92. The molecule has 2 fully saturated rings. The van der Waals surface area contributed by atoms with Crippen molar-refractivity contribution in [1.29, 1.82) is 0 Å². The van der Waals surface area contributed by atoms with Gasteiger partial charge in [0.05, 0.1) is 12.7 Å². The second kappa shape index (κ2) is 5.99. The highest BCUT2D eigenvalue weighted by atomic mass is 16.5. The first kappa shape index (κ1) is 12.3. The van der Waals surface area contributed by atoms with Crippen molar-refractivity contribution in [2.24, 2.45) is 11.8 Å². The third-order valence-electron chi connectivity index (χ3n) is 4.04. The van der Waals surface area contributed by atoms with Crippen molar-refractivity contribution in [2.75, 3.05) is 32.8 Å². The first-order chi connectivity index (χ1) is 7.75. The highest BCUT2D eigenvalue weighted by Crippen LogP contribution is 2.20. The molecule has 2 aliphatic rings. The van der Waals surface area contributed by atoms with Crippen LogP contribution in [0.2, 0.25) is 0 Å². The number of nitrogens with zero attached hydrogens (tertiary/aromatic N) is 1. The summed E-state index contributed by atoms with van der Waals surface area (Å²) < 4.78 is 5.46. The lowest BCUT2D eigenvalue weighted by molar-refractivity contribution is -0.0463. The average molecular weight is 227 g/mol. The van der Waals surface area contributed by atoms with Crippen LogP contribution in [0.1, 0.15) is 32.6 Å². The lowest BCUT2D eigenvalue weighted by atomic mass is 9.98. The van der Waals surface area contributed by atoms with Gasteiger partial charge < -0.3 is 14.7 Å². The Kier molecular flexibility index (Phi) is 4.62. The van der Waals surface area contributed by atoms with E-state index in [9.17, 15) is 5.11 Å². The molecule has 3 nitrogen and oxygen atoms in total. The van der Waals surface area contributed by atoms with E-state index in [2.05, 4.69) is 11.8 Å². The summed E-state index contributed by atoms with van der Waals surface area (Å²) in [6.07, 6.45) is 4.65. The average Bonchev–Trinajstić information content (AvgIpc) is 2.47. The smallest absolute Gasteiger partial charge is 0.0624 e. The Morgan fingerprint density at radius 1 is 1.25 bits per heavy atom. The summed E-state index contributed by atoms with van der Waals surface area (Å²) in [5, 5.41) is 9.92. The Morgan fingerprint density at radius 3 is 2.94 bits per heavy atom. The number of rotatable bonds is 2. The summed E-state index contributed by atoms with van der Waals surface area (Å²) in [5.41, 5.74) is 0. The number of ether oxygens (including phenoxy) is 1. The Bertz CT molecular complexity index is 210. The lowest BCUT2D eigenvalue weighted by Crippen LogP contribution is -2.41. The van der Waals surface area contributed by atoms with Crippen LogP contribution in [0, 0.1) is 11.8 Å². The van der Waals surface area contributed by atoms with Gasteiger partial charge in [0.25, 0.3) is 0 Å². The van der Waals surface area contributed by atoms with E-state index in [1.54, 1.807) is 0 Å². The topological polar surface area (TPSA) is 32.7 Å². The summed E-state index contributed by atoms with van der Waals surface area (Å²) in [4.78, 5) is 2.52. The Labute approximate surface area is 98.8 Å². The molecule has 0 aliphatic carbocycles. The van der Waals surface area contributed by atoms with Crippen LogP contribution in [0.4, 0.5) is 0 Å². The summed E-state index contributed by atoms with van der Waals surface area (Å²) in [6, 6.07) is 0. The minimum atomic E-state index is -0.144. The molecule has 2 saturated heterocycles. The molecule has 2 heterocycles. The lowest BCUT2D eigenvalue weighted by Gasteiger charge is -2.32. The number of aliphatic hydroxyl groups excluding tert-OH is 1. The van der Waals surface area contributed by atoms with Gasteiger partial charge >= 0.3 is 0 Å². The van der Waals surface area contributed by atoms with Gasteiger partial charge in [0, 0.05) is 19.1 Å². The molecule has 0 saturated carbocycles. The van der Waals surface area contributed by atoms with E-state index in [0.29, 0.717) is 5.92 Å². The van der Waals surface area contributed by atoms with Crippen LogP contribution in [0.15, 0.2) is 0 Å². The van der Waals surface area contributed by atoms with Crippen molar-refractivity contribution in [1.82, 2.24) is 4.90 Å². The fourth-order valence-corrected chi connectivity index (χ4v) is 2.80. The van der Waals surface area contributed by atoms with E-state index in [1.807, 2.05) is 0 Å². The molecule has 0 radical (unpaired) electrons. The highest BCUT2D eigenvalue weighted by Gasteiger charge is 2.26. The molecule has 0 bridgehead atoms. The number of aliphatic hydroxyl groups is 1. The first-order valence-corrected chi connectivity index (χ1v) is 6.74. The Hall–Kier alpha value is -0.120. The third kappa shape index (κ3) is 3.44. The molecule has 16 heavy (non-hydrogen) atoms. The van der Waals surface area contributed by atoms with E-state index < -0.39 is 0 Å². The van der Waals surface area contributed by atoms with Crippen LogP contribution in [0.5, 0.6) is 0 Å². The second-order valence-corrected chi connectivity index (χ2v) is 5.53. The zero-order valence-corrected chi connectivity index (χ0v) is 10.4.